The lowest BCUT2D eigenvalue weighted by Gasteiger charge is -2.20. The molecule has 0 aliphatic rings. The minimum atomic E-state index is -0.998. The summed E-state index contributed by atoms with van der Waals surface area (Å²) in [6.07, 6.45) is 70.9. The van der Waals surface area contributed by atoms with E-state index in [9.17, 15) is 0 Å². The third-order valence-corrected chi connectivity index (χ3v) is 24.0. The van der Waals surface area contributed by atoms with Gasteiger partial charge in [-0.1, -0.05) is 390 Å². The van der Waals surface area contributed by atoms with Gasteiger partial charge in [-0.2, -0.15) is 0 Å². The van der Waals surface area contributed by atoms with Gasteiger partial charge in [-0.15, -0.1) is 0 Å². The molecule has 0 aromatic heterocycles. The number of hydrogen-bond donors (Lipinski definition) is 4. The van der Waals surface area contributed by atoms with Crippen molar-refractivity contribution in [1.82, 2.24) is 0 Å². The van der Waals surface area contributed by atoms with Crippen molar-refractivity contribution in [2.45, 2.75) is 454 Å². The molecule has 0 radical (unpaired) electrons. The number of anilines is 4. The molecule has 18 heteroatoms. The van der Waals surface area contributed by atoms with Gasteiger partial charge in [0.25, 0.3) is 0 Å². The molecule has 0 aliphatic heterocycles. The first-order valence-electron chi connectivity index (χ1n) is 53.5. The lowest BCUT2D eigenvalue weighted by molar-refractivity contribution is -0.132. The van der Waals surface area contributed by atoms with Crippen molar-refractivity contribution in [3.8, 4) is 57.5 Å². The van der Waals surface area contributed by atoms with Crippen LogP contribution < -0.4 is 68.6 Å². The molecule has 4 aromatic rings. The number of ketones is 2. The Hall–Kier alpha value is -7.76. The van der Waals surface area contributed by atoms with Crippen molar-refractivity contribution >= 4 is 46.1 Å². The molecule has 0 atom stereocenters. The van der Waals surface area contributed by atoms with Crippen LogP contribution in [0.5, 0.6) is 57.5 Å². The maximum Gasteiger partial charge on any atom is 0.314 e. The van der Waals surface area contributed by atoms with Crippen LogP contribution in [0.15, 0.2) is 73.1 Å². The summed E-state index contributed by atoms with van der Waals surface area (Å²) >= 11 is 0. The molecule has 4 N–H and O–H groups in total. The van der Waals surface area contributed by atoms with E-state index in [2.05, 4.69) is 90.5 Å². The van der Waals surface area contributed by atoms with Crippen molar-refractivity contribution in [3.63, 3.8) is 0 Å². The second-order valence-electron chi connectivity index (χ2n) is 36.0. The number of allylic oxidation sites excluding steroid dienone is 2. The van der Waals surface area contributed by atoms with Gasteiger partial charge in [0.1, 0.15) is 0 Å². The van der Waals surface area contributed by atoms with Crippen molar-refractivity contribution in [2.24, 2.45) is 0 Å². The largest absolute Gasteiger partial charge is 0.490 e. The van der Waals surface area contributed by atoms with Gasteiger partial charge in [0, 0.05) is 48.8 Å². The first-order valence-corrected chi connectivity index (χ1v) is 53.5. The van der Waals surface area contributed by atoms with Gasteiger partial charge in [-0.3, -0.25) is 19.2 Å². The van der Waals surface area contributed by atoms with E-state index in [1.165, 1.54) is 128 Å². The molecule has 0 unspecified atom stereocenters. The average Bonchev–Trinajstić information content (AvgIpc) is 0.813. The number of hydrogen-bond acceptors (Lipinski definition) is 16. The van der Waals surface area contributed by atoms with Gasteiger partial charge in [0.15, 0.2) is 57.6 Å². The summed E-state index contributed by atoms with van der Waals surface area (Å²) < 4.78 is 66.8. The van der Waals surface area contributed by atoms with E-state index in [0.29, 0.717) is 146 Å². The van der Waals surface area contributed by atoms with E-state index in [4.69, 9.17) is 47.4 Å². The quantitative estimate of drug-likeness (QED) is 0.0140. The molecule has 2 amide bonds. The molecule has 130 heavy (non-hydrogen) atoms. The minimum Gasteiger partial charge on any atom is -0.490 e. The van der Waals surface area contributed by atoms with Crippen LogP contribution >= 0.6 is 0 Å². The van der Waals surface area contributed by atoms with Crippen molar-refractivity contribution in [1.29, 1.82) is 0 Å². The predicted molar refractivity (Wildman–Crippen MR) is 546 cm³/mol. The smallest absolute Gasteiger partial charge is 0.314 e. The Kier molecular flexibility index (Phi) is 70.3. The molecule has 0 saturated carbocycles. The standard InChI is InChI=1S/C112H186N4O14/c1-11-21-31-41-51-61-79-121-101-73-71-93(107(127-85-67-57-47-37-27-17-7)109(101)129-87-69-59-49-39-29-19-9)99(117)75-77-113-95-89-103(123-81-63-53-43-33-23-13-3)105(125-83-65-55-45-35-25-15-5)91-97(95)115-111(119)112(120)116-98-92-106(126-84-66-56-46-36-26-16-6)104(124-82-64-54-44-34-24-14-4)90-96(98)114-78-76-100(118)94-72-74-102(122-80-62-52-42-32-22-12-2)110(130-88-70-60-50-40-30-20-10)108(94)128-86-68-58-48-38-28-18-8/h71-78,89-92,113-114H,11-70,79-88H2,1-10H3,(H,115,119)(H,116,120)/b77-75+,78-76+. The van der Waals surface area contributed by atoms with Gasteiger partial charge < -0.3 is 68.6 Å². The van der Waals surface area contributed by atoms with Crippen molar-refractivity contribution in [2.75, 3.05) is 87.3 Å². The zero-order valence-corrected chi connectivity index (χ0v) is 84.1. The van der Waals surface area contributed by atoms with Gasteiger partial charge >= 0.3 is 11.8 Å². The molecular weight excluding hydrogens is 1630 g/mol. The molecule has 4 rings (SSSR count). The van der Waals surface area contributed by atoms with E-state index in [-0.39, 0.29) is 22.9 Å². The fourth-order valence-electron chi connectivity index (χ4n) is 15.8. The topological polar surface area (TPSA) is 209 Å². The number of nitrogens with one attached hydrogen (secondary N) is 4. The Morgan fingerprint density at radius 3 is 0.600 bits per heavy atom. The molecule has 0 spiro atoms. The summed E-state index contributed by atoms with van der Waals surface area (Å²) in [6.45, 7) is 26.6. The maximum absolute atomic E-state index is 15.2. The van der Waals surface area contributed by atoms with Crippen LogP contribution in [-0.4, -0.2) is 89.4 Å². The van der Waals surface area contributed by atoms with Gasteiger partial charge in [0.05, 0.1) is 99.9 Å². The highest BCUT2D eigenvalue weighted by Gasteiger charge is 2.27. The molecule has 0 saturated heterocycles. The molecule has 0 bridgehead atoms. The Bertz CT molecular complexity index is 3350. The van der Waals surface area contributed by atoms with E-state index in [1.807, 2.05) is 12.1 Å². The van der Waals surface area contributed by atoms with Gasteiger partial charge in [0.2, 0.25) is 11.5 Å². The molecule has 0 fully saturated rings. The highest BCUT2D eigenvalue weighted by molar-refractivity contribution is 6.44. The lowest BCUT2D eigenvalue weighted by atomic mass is 10.1. The molecular formula is C112H186N4O14. The summed E-state index contributed by atoms with van der Waals surface area (Å²) in [4.78, 5) is 60.7. The number of rotatable bonds is 90. The van der Waals surface area contributed by atoms with Crippen LogP contribution in [0.1, 0.15) is 475 Å². The van der Waals surface area contributed by atoms with E-state index in [1.54, 1.807) is 48.8 Å². The average molecular weight is 1810 g/mol. The van der Waals surface area contributed by atoms with Crippen molar-refractivity contribution < 1.29 is 66.5 Å². The van der Waals surface area contributed by atoms with Crippen LogP contribution in [0.25, 0.3) is 0 Å². The minimum absolute atomic E-state index is 0.201. The first kappa shape index (κ1) is 115. The first-order chi connectivity index (χ1) is 64.0. The Labute approximate surface area is 791 Å². The number of unbranched alkanes of at least 4 members (excludes halogenated alkanes) is 50. The van der Waals surface area contributed by atoms with Crippen LogP contribution in [0, 0.1) is 0 Å². The zero-order valence-electron chi connectivity index (χ0n) is 84.1. The van der Waals surface area contributed by atoms with E-state index >= 15 is 19.2 Å². The highest BCUT2D eigenvalue weighted by atomic mass is 16.6. The van der Waals surface area contributed by atoms with Gasteiger partial charge in [-0.05, 0) is 88.5 Å². The lowest BCUT2D eigenvalue weighted by Crippen LogP contribution is -2.29. The second-order valence-corrected chi connectivity index (χ2v) is 36.0. The van der Waals surface area contributed by atoms with Crippen LogP contribution in [0.2, 0.25) is 0 Å². The predicted octanol–water partition coefficient (Wildman–Crippen LogP) is 33.3. The normalized spacial score (nSPS) is 11.4. The van der Waals surface area contributed by atoms with Gasteiger partial charge in [-0.25, -0.2) is 0 Å². The fourth-order valence-corrected chi connectivity index (χ4v) is 15.8. The SMILES string of the molecule is CCCCCCCCOc1cc(N/C=C/C(=O)c2ccc(OCCCCCCCC)c(OCCCCCCCC)c2OCCCCCCCC)c(NC(=O)C(=O)Nc2cc(OCCCCCCCC)c(OCCCCCCCC)cc2N/C=C/C(=O)c2ccc(OCCCCCCCC)c(OCCCCCCCC)c2OCCCCCCCC)cc1OCCCCCCCC. The number of amides is 2. The number of carbonyl (C=O) groups is 4. The Morgan fingerprint density at radius 1 is 0.208 bits per heavy atom. The Morgan fingerprint density at radius 2 is 0.385 bits per heavy atom. The number of carbonyl (C=O) groups excluding carboxylic acids is 4. The Balaban J connectivity index is 1.94. The van der Waals surface area contributed by atoms with Crippen LogP contribution in [0.3, 0.4) is 0 Å². The molecule has 738 valence electrons. The molecule has 0 aliphatic carbocycles. The number of benzene rings is 4. The summed E-state index contributed by atoms with van der Waals surface area (Å²) in [6, 6.07) is 14.2. The van der Waals surface area contributed by atoms with Crippen molar-refractivity contribution in [3.05, 3.63) is 84.2 Å². The van der Waals surface area contributed by atoms with E-state index < -0.39 is 11.8 Å². The third kappa shape index (κ3) is 52.6. The molecule has 4 aromatic carbocycles. The van der Waals surface area contributed by atoms with Crippen LogP contribution in [-0.2, 0) is 9.59 Å². The third-order valence-electron chi connectivity index (χ3n) is 24.0. The zero-order chi connectivity index (χ0) is 93.4. The van der Waals surface area contributed by atoms with E-state index in [0.717, 1.165) is 270 Å². The molecule has 0 heterocycles. The number of ether oxygens (including phenoxy) is 10. The fraction of sp³-hybridized carbons (Fsp3) is 0.714. The highest BCUT2D eigenvalue weighted by Crippen LogP contribution is 2.45. The summed E-state index contributed by atoms with van der Waals surface area (Å²) in [5, 5.41) is 12.7. The monoisotopic (exact) mass is 1810 g/mol. The summed E-state index contributed by atoms with van der Waals surface area (Å²) in [5.41, 5.74) is 1.74. The molecule has 18 nitrogen and oxygen atoms in total. The summed E-state index contributed by atoms with van der Waals surface area (Å²) in [5.74, 6) is 1.77. The van der Waals surface area contributed by atoms with Crippen LogP contribution in [0.4, 0.5) is 22.7 Å². The maximum atomic E-state index is 15.2. The summed E-state index contributed by atoms with van der Waals surface area (Å²) in [7, 11) is 0. The second kappa shape index (κ2) is 79.8.